The molecule has 2 aromatic rings. The highest BCUT2D eigenvalue weighted by Gasteiger charge is 2.19. The summed E-state index contributed by atoms with van der Waals surface area (Å²) in [7, 11) is 1.66. The third kappa shape index (κ3) is 2.69. The normalized spacial score (nSPS) is 12.1. The average molecular weight is 277 g/mol. The van der Waals surface area contributed by atoms with E-state index < -0.39 is 0 Å². The summed E-state index contributed by atoms with van der Waals surface area (Å²) < 4.78 is 0. The number of H-pyrrole nitrogens is 1. The molecule has 0 aliphatic rings. The third-order valence-electron chi connectivity index (χ3n) is 3.06. The van der Waals surface area contributed by atoms with Gasteiger partial charge in [0, 0.05) is 12.1 Å². The van der Waals surface area contributed by atoms with Gasteiger partial charge in [0.25, 0.3) is 0 Å². The standard InChI is InChI=1S/C13H13ClN4O/c1-8(18(2)12(19)5-6-15)13-16-10-4-3-9(14)7-11(10)17-13/h3-4,7-8H,5H2,1-2H3,(H,16,17)/t8-/m1/s1. The van der Waals surface area contributed by atoms with E-state index in [0.29, 0.717) is 10.8 Å². The molecule has 0 saturated carbocycles. The van der Waals surface area contributed by atoms with Crippen LogP contribution in [0.4, 0.5) is 0 Å². The maximum atomic E-state index is 11.7. The lowest BCUT2D eigenvalue weighted by Gasteiger charge is -2.22. The molecule has 2 rings (SSSR count). The minimum Gasteiger partial charge on any atom is -0.340 e. The van der Waals surface area contributed by atoms with Crippen molar-refractivity contribution >= 4 is 28.5 Å². The number of aromatic nitrogens is 2. The maximum Gasteiger partial charge on any atom is 0.237 e. The van der Waals surface area contributed by atoms with E-state index in [1.54, 1.807) is 19.2 Å². The molecule has 0 saturated heterocycles. The molecule has 1 aromatic carbocycles. The van der Waals surface area contributed by atoms with Crippen LogP contribution < -0.4 is 0 Å². The number of nitrogens with one attached hydrogen (secondary N) is 1. The SMILES string of the molecule is C[C@H](c1nc2ccc(Cl)cc2[nH]1)N(C)C(=O)CC#N. The summed E-state index contributed by atoms with van der Waals surface area (Å²) in [4.78, 5) is 20.7. The number of imidazole rings is 1. The van der Waals surface area contributed by atoms with Gasteiger partial charge >= 0.3 is 0 Å². The lowest BCUT2D eigenvalue weighted by atomic mass is 10.2. The van der Waals surface area contributed by atoms with Gasteiger partial charge in [-0.1, -0.05) is 11.6 Å². The van der Waals surface area contributed by atoms with Crippen LogP contribution in [0.2, 0.25) is 5.02 Å². The molecule has 5 nitrogen and oxygen atoms in total. The van der Waals surface area contributed by atoms with Crippen molar-refractivity contribution in [2.75, 3.05) is 7.05 Å². The predicted molar refractivity (Wildman–Crippen MR) is 72.5 cm³/mol. The first kappa shape index (κ1) is 13.4. The fraction of sp³-hybridized carbons (Fsp3) is 0.308. The van der Waals surface area contributed by atoms with Crippen LogP contribution >= 0.6 is 11.6 Å². The van der Waals surface area contributed by atoms with E-state index in [1.807, 2.05) is 19.1 Å². The highest BCUT2D eigenvalue weighted by atomic mass is 35.5. The van der Waals surface area contributed by atoms with Crippen molar-refractivity contribution in [1.82, 2.24) is 14.9 Å². The van der Waals surface area contributed by atoms with Crippen LogP contribution in [0.1, 0.15) is 25.2 Å². The van der Waals surface area contributed by atoms with Crippen LogP contribution in [0, 0.1) is 11.3 Å². The van der Waals surface area contributed by atoms with Crippen LogP contribution in [-0.4, -0.2) is 27.8 Å². The van der Waals surface area contributed by atoms with Crippen molar-refractivity contribution in [3.05, 3.63) is 29.0 Å². The van der Waals surface area contributed by atoms with Crippen LogP contribution in [0.5, 0.6) is 0 Å². The average Bonchev–Trinajstić information content (AvgIpc) is 2.80. The number of aromatic amines is 1. The van der Waals surface area contributed by atoms with Gasteiger partial charge in [0.05, 0.1) is 23.1 Å². The Morgan fingerprint density at radius 3 is 3.05 bits per heavy atom. The number of fused-ring (bicyclic) bond motifs is 1. The minimum atomic E-state index is -0.230. The highest BCUT2D eigenvalue weighted by Crippen LogP contribution is 2.22. The van der Waals surface area contributed by atoms with Crippen LogP contribution in [0.25, 0.3) is 11.0 Å². The van der Waals surface area contributed by atoms with E-state index in [1.165, 1.54) is 4.90 Å². The number of halogens is 1. The quantitative estimate of drug-likeness (QED) is 0.936. The number of carbonyl (C=O) groups is 1. The van der Waals surface area contributed by atoms with Crippen molar-refractivity contribution in [3.63, 3.8) is 0 Å². The number of nitrogens with zero attached hydrogens (tertiary/aromatic N) is 3. The van der Waals surface area contributed by atoms with Gasteiger partial charge in [-0.25, -0.2) is 4.98 Å². The largest absolute Gasteiger partial charge is 0.340 e. The van der Waals surface area contributed by atoms with E-state index in [0.717, 1.165) is 11.0 Å². The smallest absolute Gasteiger partial charge is 0.237 e. The van der Waals surface area contributed by atoms with Crippen molar-refractivity contribution < 1.29 is 4.79 Å². The van der Waals surface area contributed by atoms with Gasteiger partial charge in [-0.3, -0.25) is 4.79 Å². The summed E-state index contributed by atoms with van der Waals surface area (Å²) in [6.07, 6.45) is -0.132. The zero-order valence-electron chi connectivity index (χ0n) is 10.6. The Bertz CT molecular complexity index is 658. The summed E-state index contributed by atoms with van der Waals surface area (Å²) >= 11 is 5.91. The monoisotopic (exact) mass is 276 g/mol. The molecule has 6 heteroatoms. The van der Waals surface area contributed by atoms with Crippen molar-refractivity contribution in [2.24, 2.45) is 0 Å². The Hall–Kier alpha value is -2.06. The van der Waals surface area contributed by atoms with Crippen LogP contribution in [-0.2, 0) is 4.79 Å². The molecule has 0 radical (unpaired) electrons. The molecule has 98 valence electrons. The molecule has 0 fully saturated rings. The molecule has 0 bridgehead atoms. The number of hydrogen-bond donors (Lipinski definition) is 1. The second kappa shape index (κ2) is 5.29. The summed E-state index contributed by atoms with van der Waals surface area (Å²) in [5, 5.41) is 9.18. The minimum absolute atomic E-state index is 0.132. The second-order valence-electron chi connectivity index (χ2n) is 4.30. The van der Waals surface area contributed by atoms with Gasteiger partial charge in [-0.15, -0.1) is 0 Å². The zero-order valence-corrected chi connectivity index (χ0v) is 11.4. The lowest BCUT2D eigenvalue weighted by molar-refractivity contribution is -0.130. The van der Waals surface area contributed by atoms with E-state index in [-0.39, 0.29) is 18.4 Å². The number of amides is 1. The first-order valence-electron chi connectivity index (χ1n) is 5.80. The summed E-state index contributed by atoms with van der Waals surface area (Å²) in [5.74, 6) is 0.444. The van der Waals surface area contributed by atoms with Crippen molar-refractivity contribution in [1.29, 1.82) is 5.26 Å². The summed E-state index contributed by atoms with van der Waals surface area (Å²) in [5.41, 5.74) is 1.63. The fourth-order valence-electron chi connectivity index (χ4n) is 1.79. The molecule has 0 unspecified atom stereocenters. The molecular weight excluding hydrogens is 264 g/mol. The molecule has 1 aromatic heterocycles. The van der Waals surface area contributed by atoms with Crippen molar-refractivity contribution in [2.45, 2.75) is 19.4 Å². The number of benzene rings is 1. The Labute approximate surface area is 115 Å². The fourth-order valence-corrected chi connectivity index (χ4v) is 1.96. The molecule has 0 aliphatic carbocycles. The Balaban J connectivity index is 2.29. The van der Waals surface area contributed by atoms with Gasteiger partial charge < -0.3 is 9.88 Å². The van der Waals surface area contributed by atoms with Crippen molar-refractivity contribution in [3.8, 4) is 6.07 Å². The topological polar surface area (TPSA) is 72.8 Å². The predicted octanol–water partition coefficient (Wildman–Crippen LogP) is 2.65. The Kier molecular flexibility index (Phi) is 3.72. The first-order valence-corrected chi connectivity index (χ1v) is 6.18. The summed E-state index contributed by atoms with van der Waals surface area (Å²) in [6.45, 7) is 1.86. The number of nitriles is 1. The molecule has 1 amide bonds. The Morgan fingerprint density at radius 2 is 2.37 bits per heavy atom. The van der Waals surface area contributed by atoms with Crippen LogP contribution in [0.3, 0.4) is 0 Å². The highest BCUT2D eigenvalue weighted by molar-refractivity contribution is 6.31. The third-order valence-corrected chi connectivity index (χ3v) is 3.30. The van der Waals surface area contributed by atoms with Crippen LogP contribution in [0.15, 0.2) is 18.2 Å². The molecule has 0 aliphatic heterocycles. The zero-order chi connectivity index (χ0) is 14.0. The van der Waals surface area contributed by atoms with Gasteiger partial charge in [0.15, 0.2) is 0 Å². The second-order valence-corrected chi connectivity index (χ2v) is 4.74. The van der Waals surface area contributed by atoms with Gasteiger partial charge in [-0.2, -0.15) is 5.26 Å². The van der Waals surface area contributed by atoms with Gasteiger partial charge in [-0.05, 0) is 25.1 Å². The molecule has 0 spiro atoms. The Morgan fingerprint density at radius 1 is 1.63 bits per heavy atom. The molecule has 1 atom stereocenters. The van der Waals surface area contributed by atoms with E-state index in [9.17, 15) is 4.79 Å². The van der Waals surface area contributed by atoms with Gasteiger partial charge in [0.1, 0.15) is 12.2 Å². The number of hydrogen-bond acceptors (Lipinski definition) is 3. The summed E-state index contributed by atoms with van der Waals surface area (Å²) in [6, 6.07) is 7.00. The molecule has 1 N–H and O–H groups in total. The van der Waals surface area contributed by atoms with E-state index >= 15 is 0 Å². The maximum absolute atomic E-state index is 11.7. The molecule has 19 heavy (non-hydrogen) atoms. The van der Waals surface area contributed by atoms with Gasteiger partial charge in [0.2, 0.25) is 5.91 Å². The number of rotatable bonds is 3. The van der Waals surface area contributed by atoms with E-state index in [4.69, 9.17) is 16.9 Å². The first-order chi connectivity index (χ1) is 9.02. The molecular formula is C13H13ClN4O. The molecule has 1 heterocycles. The number of carbonyl (C=O) groups excluding carboxylic acids is 1. The van der Waals surface area contributed by atoms with E-state index in [2.05, 4.69) is 9.97 Å². The lowest BCUT2D eigenvalue weighted by Crippen LogP contribution is -2.29.